The molecule has 0 radical (unpaired) electrons. The summed E-state index contributed by atoms with van der Waals surface area (Å²) in [6.45, 7) is 6.20. The molecule has 1 saturated heterocycles. The van der Waals surface area contributed by atoms with Crippen LogP contribution in [-0.2, 0) is 4.79 Å². The molecule has 2 atom stereocenters. The van der Waals surface area contributed by atoms with Crippen molar-refractivity contribution in [2.45, 2.75) is 39.3 Å². The van der Waals surface area contributed by atoms with E-state index in [1.54, 1.807) is 0 Å². The fourth-order valence-electron chi connectivity index (χ4n) is 3.00. The molecule has 26 heavy (non-hydrogen) atoms. The van der Waals surface area contributed by atoms with Crippen LogP contribution in [0.25, 0.3) is 11.5 Å². The molecule has 2 heterocycles. The molecule has 0 bridgehead atoms. The summed E-state index contributed by atoms with van der Waals surface area (Å²) in [5.74, 6) is -0.741. The molecule has 2 amide bonds. The summed E-state index contributed by atoms with van der Waals surface area (Å²) in [5.41, 5.74) is 0.515. The van der Waals surface area contributed by atoms with Gasteiger partial charge in [-0.2, -0.15) is 4.98 Å². The third-order valence-corrected chi connectivity index (χ3v) is 4.20. The van der Waals surface area contributed by atoms with Crippen molar-refractivity contribution in [2.75, 3.05) is 6.54 Å². The Labute approximate surface area is 150 Å². The Kier molecular flexibility index (Phi) is 5.01. The SMILES string of the molecule is CC(C)CC1C(=O)NC(C)CN1C(=O)c1noc(-c2ccc(F)cc2)n1. The Balaban J connectivity index is 1.84. The summed E-state index contributed by atoms with van der Waals surface area (Å²) in [5, 5.41) is 6.63. The van der Waals surface area contributed by atoms with Gasteiger partial charge in [-0.25, -0.2) is 4.39 Å². The van der Waals surface area contributed by atoms with Crippen LogP contribution in [0, 0.1) is 11.7 Å². The summed E-state index contributed by atoms with van der Waals surface area (Å²) >= 11 is 0. The van der Waals surface area contributed by atoms with Gasteiger partial charge in [0.2, 0.25) is 5.91 Å². The first kappa shape index (κ1) is 18.0. The van der Waals surface area contributed by atoms with Crippen molar-refractivity contribution in [2.24, 2.45) is 5.92 Å². The number of amides is 2. The zero-order valence-corrected chi connectivity index (χ0v) is 14.9. The Morgan fingerprint density at radius 3 is 2.73 bits per heavy atom. The average molecular weight is 360 g/mol. The van der Waals surface area contributed by atoms with E-state index in [2.05, 4.69) is 15.5 Å². The first-order valence-electron chi connectivity index (χ1n) is 8.56. The number of carbonyl (C=O) groups is 2. The summed E-state index contributed by atoms with van der Waals surface area (Å²) in [4.78, 5) is 30.9. The van der Waals surface area contributed by atoms with Crippen LogP contribution in [0.2, 0.25) is 0 Å². The number of aromatic nitrogens is 2. The smallest absolute Gasteiger partial charge is 0.296 e. The molecule has 0 saturated carbocycles. The van der Waals surface area contributed by atoms with Gasteiger partial charge in [0.15, 0.2) is 0 Å². The van der Waals surface area contributed by atoms with Gasteiger partial charge in [-0.3, -0.25) is 9.59 Å². The summed E-state index contributed by atoms with van der Waals surface area (Å²) in [6.07, 6.45) is 0.549. The minimum Gasteiger partial charge on any atom is -0.350 e. The van der Waals surface area contributed by atoms with E-state index >= 15 is 0 Å². The highest BCUT2D eigenvalue weighted by Gasteiger charge is 2.38. The lowest BCUT2D eigenvalue weighted by Crippen LogP contribution is -2.61. The standard InChI is InChI=1S/C18H21FN4O3/c1-10(2)8-14-16(24)20-11(3)9-23(14)18(25)15-21-17(26-22-15)12-4-6-13(19)7-5-12/h4-7,10-11,14H,8-9H2,1-3H3,(H,20,24). The molecule has 1 fully saturated rings. The Morgan fingerprint density at radius 1 is 1.38 bits per heavy atom. The first-order chi connectivity index (χ1) is 12.3. The van der Waals surface area contributed by atoms with Gasteiger partial charge in [0.05, 0.1) is 0 Å². The number of nitrogens with one attached hydrogen (secondary N) is 1. The first-order valence-corrected chi connectivity index (χ1v) is 8.56. The maximum atomic E-state index is 13.0. The van der Waals surface area contributed by atoms with Crippen LogP contribution < -0.4 is 5.32 Å². The molecule has 0 aliphatic carbocycles. The number of nitrogens with zero attached hydrogens (tertiary/aromatic N) is 3. The molecule has 138 valence electrons. The molecule has 2 unspecified atom stereocenters. The van der Waals surface area contributed by atoms with Crippen molar-refractivity contribution in [1.29, 1.82) is 0 Å². The number of hydrogen-bond acceptors (Lipinski definition) is 5. The zero-order chi connectivity index (χ0) is 18.8. The third kappa shape index (κ3) is 3.74. The molecule has 1 aromatic heterocycles. The number of halogens is 1. The van der Waals surface area contributed by atoms with Gasteiger partial charge in [0.1, 0.15) is 11.9 Å². The molecule has 1 aromatic carbocycles. The topological polar surface area (TPSA) is 88.3 Å². The lowest BCUT2D eigenvalue weighted by atomic mass is 9.98. The molecule has 0 spiro atoms. The summed E-state index contributed by atoms with van der Waals surface area (Å²) in [7, 11) is 0. The van der Waals surface area contributed by atoms with Crippen LogP contribution in [0.15, 0.2) is 28.8 Å². The summed E-state index contributed by atoms with van der Waals surface area (Å²) < 4.78 is 18.2. The van der Waals surface area contributed by atoms with Crippen LogP contribution in [0.3, 0.4) is 0 Å². The molecule has 3 rings (SSSR count). The second kappa shape index (κ2) is 7.23. The predicted octanol–water partition coefficient (Wildman–Crippen LogP) is 2.25. The van der Waals surface area contributed by atoms with Gasteiger partial charge in [0, 0.05) is 18.2 Å². The van der Waals surface area contributed by atoms with E-state index in [1.807, 2.05) is 20.8 Å². The van der Waals surface area contributed by atoms with Crippen LogP contribution in [0.5, 0.6) is 0 Å². The van der Waals surface area contributed by atoms with Crippen molar-refractivity contribution in [1.82, 2.24) is 20.4 Å². The van der Waals surface area contributed by atoms with Gasteiger partial charge in [-0.1, -0.05) is 19.0 Å². The minimum absolute atomic E-state index is 0.111. The van der Waals surface area contributed by atoms with E-state index in [4.69, 9.17) is 4.52 Å². The number of piperazine rings is 1. The molecule has 2 aromatic rings. The van der Waals surface area contributed by atoms with Crippen LogP contribution in [0.1, 0.15) is 37.8 Å². The van der Waals surface area contributed by atoms with Crippen LogP contribution in [0.4, 0.5) is 4.39 Å². The zero-order valence-electron chi connectivity index (χ0n) is 14.9. The molecule has 1 aliphatic rings. The lowest BCUT2D eigenvalue weighted by Gasteiger charge is -2.38. The highest BCUT2D eigenvalue weighted by atomic mass is 19.1. The molecule has 8 heteroatoms. The van der Waals surface area contributed by atoms with E-state index in [0.29, 0.717) is 18.5 Å². The maximum absolute atomic E-state index is 13.0. The van der Waals surface area contributed by atoms with Crippen molar-refractivity contribution in [3.8, 4) is 11.5 Å². The van der Waals surface area contributed by atoms with Crippen molar-refractivity contribution in [3.05, 3.63) is 35.9 Å². The van der Waals surface area contributed by atoms with Crippen molar-refractivity contribution in [3.63, 3.8) is 0 Å². The van der Waals surface area contributed by atoms with E-state index in [0.717, 1.165) is 0 Å². The quantitative estimate of drug-likeness (QED) is 0.903. The van der Waals surface area contributed by atoms with Crippen molar-refractivity contribution >= 4 is 11.8 Å². The largest absolute Gasteiger partial charge is 0.350 e. The number of benzene rings is 1. The predicted molar refractivity (Wildman–Crippen MR) is 91.6 cm³/mol. The highest BCUT2D eigenvalue weighted by Crippen LogP contribution is 2.21. The number of rotatable bonds is 4. The lowest BCUT2D eigenvalue weighted by molar-refractivity contribution is -0.129. The molecular formula is C18H21FN4O3. The summed E-state index contributed by atoms with van der Waals surface area (Å²) in [6, 6.07) is 4.82. The number of carbonyl (C=O) groups excluding carboxylic acids is 2. The average Bonchev–Trinajstić information content (AvgIpc) is 3.07. The molecular weight excluding hydrogens is 339 g/mol. The van der Waals surface area contributed by atoms with Crippen LogP contribution >= 0.6 is 0 Å². The number of hydrogen-bond donors (Lipinski definition) is 1. The molecule has 1 aliphatic heterocycles. The Bertz CT molecular complexity index is 803. The Morgan fingerprint density at radius 2 is 2.08 bits per heavy atom. The van der Waals surface area contributed by atoms with Gasteiger partial charge < -0.3 is 14.7 Å². The Hall–Kier alpha value is -2.77. The fraction of sp³-hybridized carbons (Fsp3) is 0.444. The van der Waals surface area contributed by atoms with E-state index in [9.17, 15) is 14.0 Å². The molecule has 1 N–H and O–H groups in total. The fourth-order valence-corrected chi connectivity index (χ4v) is 3.00. The van der Waals surface area contributed by atoms with E-state index < -0.39 is 11.9 Å². The van der Waals surface area contributed by atoms with Gasteiger partial charge >= 0.3 is 0 Å². The highest BCUT2D eigenvalue weighted by molar-refractivity contribution is 5.96. The van der Waals surface area contributed by atoms with Gasteiger partial charge in [-0.15, -0.1) is 0 Å². The normalized spacial score (nSPS) is 20.3. The molecule has 7 nitrogen and oxygen atoms in total. The van der Waals surface area contributed by atoms with Crippen molar-refractivity contribution < 1.29 is 18.5 Å². The van der Waals surface area contributed by atoms with Gasteiger partial charge in [0.25, 0.3) is 17.6 Å². The van der Waals surface area contributed by atoms with Gasteiger partial charge in [-0.05, 0) is 43.5 Å². The second-order valence-electron chi connectivity index (χ2n) is 6.94. The van der Waals surface area contributed by atoms with E-state index in [1.165, 1.54) is 29.2 Å². The minimum atomic E-state index is -0.563. The maximum Gasteiger partial charge on any atom is 0.296 e. The monoisotopic (exact) mass is 360 g/mol. The second-order valence-corrected chi connectivity index (χ2v) is 6.94. The van der Waals surface area contributed by atoms with E-state index in [-0.39, 0.29) is 35.4 Å². The van der Waals surface area contributed by atoms with Crippen LogP contribution in [-0.4, -0.2) is 45.5 Å². The third-order valence-electron chi connectivity index (χ3n) is 4.20.